The van der Waals surface area contributed by atoms with E-state index < -0.39 is 0 Å². The first-order valence-electron chi connectivity index (χ1n) is 8.07. The van der Waals surface area contributed by atoms with Gasteiger partial charge in [-0.3, -0.25) is 0 Å². The monoisotopic (exact) mass is 333 g/mol. The van der Waals surface area contributed by atoms with Crippen molar-refractivity contribution in [3.8, 4) is 0 Å². The van der Waals surface area contributed by atoms with Gasteiger partial charge in [0.1, 0.15) is 0 Å². The number of hydrogen-bond acceptors (Lipinski definition) is 2. The van der Waals surface area contributed by atoms with Crippen LogP contribution in [-0.4, -0.2) is 25.5 Å². The number of fused-ring (bicyclic) bond motifs is 3. The van der Waals surface area contributed by atoms with E-state index in [-0.39, 0.29) is 12.4 Å². The summed E-state index contributed by atoms with van der Waals surface area (Å²) in [6.07, 6.45) is 5.63. The average molecular weight is 334 g/mol. The summed E-state index contributed by atoms with van der Waals surface area (Å²) in [7, 11) is 4.41. The molecule has 2 bridgehead atoms. The molecular formula is C19H24ClNS. The molecule has 1 nitrogen and oxygen atoms in total. The van der Waals surface area contributed by atoms with E-state index in [4.69, 9.17) is 0 Å². The van der Waals surface area contributed by atoms with Crippen LogP contribution >= 0.6 is 23.7 Å². The Morgan fingerprint density at radius 2 is 1.77 bits per heavy atom. The van der Waals surface area contributed by atoms with E-state index >= 15 is 0 Å². The summed E-state index contributed by atoms with van der Waals surface area (Å²) in [4.78, 5) is 2.35. The van der Waals surface area contributed by atoms with E-state index in [1.54, 1.807) is 11.1 Å². The minimum atomic E-state index is 0. The lowest BCUT2D eigenvalue weighted by Crippen LogP contribution is -2.31. The summed E-state index contributed by atoms with van der Waals surface area (Å²) >= 11 is 1.87. The number of rotatable bonds is 3. The number of halogens is 1. The first kappa shape index (κ1) is 16.0. The number of hydrogen-bond donors (Lipinski definition) is 0. The number of nitrogens with zero attached hydrogens (tertiary/aromatic N) is 1. The zero-order valence-corrected chi connectivity index (χ0v) is 15.0. The Balaban J connectivity index is 0.00000144. The normalized spacial score (nSPS) is 24.1. The zero-order chi connectivity index (χ0) is 14.4. The Labute approximate surface area is 143 Å². The van der Waals surface area contributed by atoms with E-state index in [0.29, 0.717) is 0 Å². The maximum atomic E-state index is 2.44. The molecular weight excluding hydrogens is 310 g/mol. The Kier molecular flexibility index (Phi) is 4.63. The van der Waals surface area contributed by atoms with E-state index in [1.165, 1.54) is 41.3 Å². The molecule has 5 rings (SSSR count). The molecule has 0 spiro atoms. The van der Waals surface area contributed by atoms with Crippen LogP contribution in [0.2, 0.25) is 0 Å². The van der Waals surface area contributed by atoms with Crippen molar-refractivity contribution in [1.82, 2.24) is 4.90 Å². The molecule has 1 saturated carbocycles. The molecule has 0 N–H and O–H groups in total. The molecule has 0 unspecified atom stereocenters. The Hall–Kier alpha value is -0.830. The van der Waals surface area contributed by atoms with E-state index in [2.05, 4.69) is 48.6 Å². The second kappa shape index (κ2) is 6.35. The van der Waals surface area contributed by atoms with Crippen molar-refractivity contribution in [2.45, 2.75) is 25.7 Å². The van der Waals surface area contributed by atoms with Crippen molar-refractivity contribution < 1.29 is 0 Å². The molecule has 0 atom stereocenters. The first-order chi connectivity index (χ1) is 10.2. The Bertz CT molecular complexity index is 692. The highest BCUT2D eigenvalue weighted by atomic mass is 35.5. The van der Waals surface area contributed by atoms with Crippen molar-refractivity contribution >= 4 is 39.4 Å². The van der Waals surface area contributed by atoms with Gasteiger partial charge in [0.25, 0.3) is 0 Å². The molecule has 1 aromatic heterocycles. The molecule has 2 aromatic rings. The number of likely N-dealkylation sites (N-methyl/N-ethyl adjacent to an activating group) is 1. The highest BCUT2D eigenvalue weighted by molar-refractivity contribution is 7.17. The van der Waals surface area contributed by atoms with Gasteiger partial charge in [0, 0.05) is 11.2 Å². The predicted octanol–water partition coefficient (Wildman–Crippen LogP) is 5.46. The third kappa shape index (κ3) is 2.73. The SMILES string of the molecule is CN(C)CC1=C(c2ccc3ccsc3c2)C2CCC1CC2.Cl. The standard InChI is InChI=1S/C19H23NS.ClH/c1-20(2)12-17-13-3-6-15(7-4-13)19(17)16-8-5-14-9-10-21-18(14)11-16;/h5,8-11,13,15H,3-4,6-7,12H2,1-2H3;1H. The van der Waals surface area contributed by atoms with Crippen LogP contribution in [0.4, 0.5) is 0 Å². The van der Waals surface area contributed by atoms with Crippen molar-refractivity contribution in [3.63, 3.8) is 0 Å². The van der Waals surface area contributed by atoms with Gasteiger partial charge in [-0.15, -0.1) is 23.7 Å². The van der Waals surface area contributed by atoms with Crippen LogP contribution in [-0.2, 0) is 0 Å². The summed E-state index contributed by atoms with van der Waals surface area (Å²) in [5, 5.41) is 3.59. The number of benzene rings is 1. The van der Waals surface area contributed by atoms with Crippen molar-refractivity contribution in [2.75, 3.05) is 20.6 Å². The van der Waals surface area contributed by atoms with Gasteiger partial charge in [0.2, 0.25) is 0 Å². The summed E-state index contributed by atoms with van der Waals surface area (Å²) in [6.45, 7) is 1.14. The number of thiophene rings is 1. The molecule has 0 saturated heterocycles. The third-order valence-corrected chi connectivity index (χ3v) is 6.11. The number of allylic oxidation sites excluding steroid dienone is 1. The molecule has 1 fully saturated rings. The molecule has 3 aliphatic carbocycles. The van der Waals surface area contributed by atoms with Crippen molar-refractivity contribution in [2.24, 2.45) is 11.8 Å². The van der Waals surface area contributed by atoms with Crippen LogP contribution in [0.5, 0.6) is 0 Å². The van der Waals surface area contributed by atoms with Crippen LogP contribution in [0.3, 0.4) is 0 Å². The Morgan fingerprint density at radius 1 is 1.05 bits per heavy atom. The second-order valence-corrected chi connectivity index (χ2v) is 7.85. The zero-order valence-electron chi connectivity index (χ0n) is 13.3. The fourth-order valence-electron chi connectivity index (χ4n) is 4.31. The molecule has 3 heteroatoms. The smallest absolute Gasteiger partial charge is 0.0348 e. The minimum absolute atomic E-state index is 0. The summed E-state index contributed by atoms with van der Waals surface area (Å²) in [5.41, 5.74) is 4.93. The molecule has 3 aliphatic rings. The first-order valence-corrected chi connectivity index (χ1v) is 8.95. The van der Waals surface area contributed by atoms with Crippen molar-refractivity contribution in [3.05, 3.63) is 40.8 Å². The topological polar surface area (TPSA) is 3.24 Å². The lowest BCUT2D eigenvalue weighted by Gasteiger charge is -2.41. The summed E-state index contributed by atoms with van der Waals surface area (Å²) in [5.74, 6) is 1.65. The van der Waals surface area contributed by atoms with Crippen molar-refractivity contribution in [1.29, 1.82) is 0 Å². The van der Waals surface area contributed by atoms with Crippen LogP contribution in [0.25, 0.3) is 15.7 Å². The van der Waals surface area contributed by atoms with Gasteiger partial charge < -0.3 is 4.90 Å². The second-order valence-electron chi connectivity index (χ2n) is 6.90. The van der Waals surface area contributed by atoms with E-state index in [9.17, 15) is 0 Å². The summed E-state index contributed by atoms with van der Waals surface area (Å²) < 4.78 is 1.44. The lowest BCUT2D eigenvalue weighted by molar-refractivity contribution is 0.299. The highest BCUT2D eigenvalue weighted by Gasteiger charge is 2.35. The molecule has 0 radical (unpaired) electrons. The van der Waals surface area contributed by atoms with Crippen LogP contribution in [0.15, 0.2) is 35.2 Å². The molecule has 0 aliphatic heterocycles. The molecule has 1 aromatic carbocycles. The van der Waals surface area contributed by atoms with E-state index in [0.717, 1.165) is 18.4 Å². The largest absolute Gasteiger partial charge is 0.305 e. The predicted molar refractivity (Wildman–Crippen MR) is 100.0 cm³/mol. The fraction of sp³-hybridized carbons (Fsp3) is 0.474. The lowest BCUT2D eigenvalue weighted by atomic mass is 9.65. The molecule has 0 amide bonds. The van der Waals surface area contributed by atoms with Crippen LogP contribution in [0, 0.1) is 11.8 Å². The minimum Gasteiger partial charge on any atom is -0.305 e. The third-order valence-electron chi connectivity index (χ3n) is 5.23. The fourth-order valence-corrected chi connectivity index (χ4v) is 5.14. The van der Waals surface area contributed by atoms with Gasteiger partial charge >= 0.3 is 0 Å². The maximum absolute atomic E-state index is 2.44. The average Bonchev–Trinajstić information content (AvgIpc) is 2.95. The van der Waals surface area contributed by atoms with Crippen LogP contribution < -0.4 is 0 Å². The van der Waals surface area contributed by atoms with Gasteiger partial charge in [-0.1, -0.05) is 12.1 Å². The van der Waals surface area contributed by atoms with Gasteiger partial charge in [-0.2, -0.15) is 0 Å². The van der Waals surface area contributed by atoms with E-state index in [1.807, 2.05) is 11.3 Å². The van der Waals surface area contributed by atoms with Gasteiger partial charge in [0.05, 0.1) is 0 Å². The summed E-state index contributed by atoms with van der Waals surface area (Å²) in [6, 6.07) is 9.34. The van der Waals surface area contributed by atoms with Gasteiger partial charge in [-0.05, 0) is 91.2 Å². The highest BCUT2D eigenvalue weighted by Crippen LogP contribution is 2.49. The van der Waals surface area contributed by atoms with Gasteiger partial charge in [-0.25, -0.2) is 0 Å². The molecule has 118 valence electrons. The van der Waals surface area contributed by atoms with Crippen LogP contribution in [0.1, 0.15) is 31.2 Å². The van der Waals surface area contributed by atoms with Gasteiger partial charge in [0.15, 0.2) is 0 Å². The quantitative estimate of drug-likeness (QED) is 0.721. The Morgan fingerprint density at radius 3 is 2.50 bits per heavy atom. The molecule has 1 heterocycles. The maximum Gasteiger partial charge on any atom is 0.0348 e. The molecule has 22 heavy (non-hydrogen) atoms.